The Balaban J connectivity index is 1.54. The van der Waals surface area contributed by atoms with Crippen LogP contribution >= 0.6 is 0 Å². The lowest BCUT2D eigenvalue weighted by atomic mass is 9.84. The van der Waals surface area contributed by atoms with E-state index in [4.69, 9.17) is 0 Å². The van der Waals surface area contributed by atoms with E-state index >= 15 is 0 Å². The molecule has 128 valence electrons. The molecule has 1 aliphatic carbocycles. The molecule has 1 aliphatic heterocycles. The van der Waals surface area contributed by atoms with Gasteiger partial charge < -0.3 is 14.4 Å². The van der Waals surface area contributed by atoms with Gasteiger partial charge >= 0.3 is 0 Å². The average Bonchev–Trinajstić information content (AvgIpc) is 2.94. The van der Waals surface area contributed by atoms with E-state index in [1.807, 2.05) is 29.8 Å². The zero-order valence-corrected chi connectivity index (χ0v) is 14.5. The molecule has 1 saturated carbocycles. The van der Waals surface area contributed by atoms with Gasteiger partial charge in [0, 0.05) is 45.3 Å². The summed E-state index contributed by atoms with van der Waals surface area (Å²) in [7, 11) is 3.98. The summed E-state index contributed by atoms with van der Waals surface area (Å²) in [5.74, 6) is 1.60. The maximum absolute atomic E-state index is 12.6. The molecular weight excluding hydrogens is 302 g/mol. The van der Waals surface area contributed by atoms with Crippen LogP contribution in [0, 0.1) is 5.92 Å². The van der Waals surface area contributed by atoms with Crippen LogP contribution in [0.25, 0.3) is 11.0 Å². The molecule has 1 saturated heterocycles. The van der Waals surface area contributed by atoms with Crippen LogP contribution in [0.5, 0.6) is 0 Å². The minimum absolute atomic E-state index is 0.269. The Kier molecular flexibility index (Phi) is 3.90. The molecule has 24 heavy (non-hydrogen) atoms. The van der Waals surface area contributed by atoms with Gasteiger partial charge in [0.1, 0.15) is 17.8 Å². The highest BCUT2D eigenvalue weighted by molar-refractivity contribution is 5.88. The number of carbonyl (C=O) groups excluding carboxylic acids is 1. The molecule has 0 bridgehead atoms. The van der Waals surface area contributed by atoms with Crippen LogP contribution in [0.3, 0.4) is 0 Å². The topological polar surface area (TPSA) is 54.3 Å². The van der Waals surface area contributed by atoms with E-state index in [0.717, 1.165) is 55.6 Å². The minimum Gasteiger partial charge on any atom is -0.354 e. The maximum Gasteiger partial charge on any atom is 0.225 e. The summed E-state index contributed by atoms with van der Waals surface area (Å²) in [6.07, 6.45) is 9.17. The normalized spacial score (nSPS) is 21.8. The number of fused-ring (bicyclic) bond motifs is 1. The smallest absolute Gasteiger partial charge is 0.225 e. The first kappa shape index (κ1) is 15.4. The summed E-state index contributed by atoms with van der Waals surface area (Å²) in [4.78, 5) is 25.8. The Morgan fingerprint density at radius 2 is 2.08 bits per heavy atom. The number of rotatable bonds is 3. The number of likely N-dealkylation sites (N-methyl/N-ethyl adjacent to an activating group) is 1. The largest absolute Gasteiger partial charge is 0.354 e. The van der Waals surface area contributed by atoms with Crippen molar-refractivity contribution in [2.24, 2.45) is 13.0 Å². The van der Waals surface area contributed by atoms with Crippen LogP contribution in [-0.4, -0.2) is 51.5 Å². The Hall–Kier alpha value is -2.11. The van der Waals surface area contributed by atoms with Crippen molar-refractivity contribution in [3.8, 4) is 0 Å². The number of piperidine rings is 1. The lowest BCUT2D eigenvalue weighted by Gasteiger charge is -2.40. The van der Waals surface area contributed by atoms with Crippen LogP contribution in [0.15, 0.2) is 18.6 Å². The van der Waals surface area contributed by atoms with E-state index in [2.05, 4.69) is 20.9 Å². The lowest BCUT2D eigenvalue weighted by Crippen LogP contribution is -2.51. The molecule has 4 rings (SSSR count). The molecule has 1 amide bonds. The summed E-state index contributed by atoms with van der Waals surface area (Å²) in [5.41, 5.74) is 0.959. The van der Waals surface area contributed by atoms with Gasteiger partial charge in [0.15, 0.2) is 0 Å². The molecule has 6 heteroatoms. The van der Waals surface area contributed by atoms with Gasteiger partial charge in [-0.25, -0.2) is 9.97 Å². The Morgan fingerprint density at radius 1 is 1.25 bits per heavy atom. The quantitative estimate of drug-likeness (QED) is 0.867. The van der Waals surface area contributed by atoms with Gasteiger partial charge in [0.2, 0.25) is 5.91 Å². The minimum atomic E-state index is 0.269. The molecule has 0 radical (unpaired) electrons. The Morgan fingerprint density at radius 3 is 2.83 bits per heavy atom. The second-order valence-electron chi connectivity index (χ2n) is 7.18. The molecule has 0 aromatic carbocycles. The summed E-state index contributed by atoms with van der Waals surface area (Å²) in [6.45, 7) is 1.85. The fourth-order valence-corrected chi connectivity index (χ4v) is 3.90. The van der Waals surface area contributed by atoms with Crippen LogP contribution in [0.2, 0.25) is 0 Å². The summed E-state index contributed by atoms with van der Waals surface area (Å²) in [6, 6.07) is 2.36. The van der Waals surface area contributed by atoms with Crippen molar-refractivity contribution in [2.75, 3.05) is 25.0 Å². The van der Waals surface area contributed by atoms with E-state index in [1.54, 1.807) is 6.33 Å². The number of anilines is 1. The standard InChI is InChI=1S/C18H25N5O/c1-21-10-8-15-16(21)19-12-20-17(15)23-9-4-7-14(11-23)22(2)18(24)13-5-3-6-13/h8,10,12-14H,3-7,9,11H2,1-2H3. The first-order chi connectivity index (χ1) is 11.6. The van der Waals surface area contributed by atoms with E-state index in [9.17, 15) is 4.79 Å². The molecule has 1 atom stereocenters. The fourth-order valence-electron chi connectivity index (χ4n) is 3.90. The number of nitrogens with zero attached hydrogens (tertiary/aromatic N) is 5. The monoisotopic (exact) mass is 327 g/mol. The SMILES string of the molecule is CN(C(=O)C1CCC1)C1CCCN(c2ncnc3c2ccn3C)C1. The first-order valence-electron chi connectivity index (χ1n) is 8.93. The van der Waals surface area contributed by atoms with Crippen LogP contribution in [0.1, 0.15) is 32.1 Å². The zero-order valence-electron chi connectivity index (χ0n) is 14.5. The molecule has 3 heterocycles. The summed E-state index contributed by atoms with van der Waals surface area (Å²) >= 11 is 0. The third kappa shape index (κ3) is 2.54. The first-order valence-corrected chi connectivity index (χ1v) is 8.93. The Bertz CT molecular complexity index is 751. The van der Waals surface area contributed by atoms with Crippen molar-refractivity contribution in [3.05, 3.63) is 18.6 Å². The molecule has 2 fully saturated rings. The van der Waals surface area contributed by atoms with Gasteiger partial charge in [-0.1, -0.05) is 6.42 Å². The second kappa shape index (κ2) is 6.07. The van der Waals surface area contributed by atoms with Crippen molar-refractivity contribution in [1.29, 1.82) is 0 Å². The highest BCUT2D eigenvalue weighted by Crippen LogP contribution is 2.31. The molecule has 6 nitrogen and oxygen atoms in total. The number of hydrogen-bond donors (Lipinski definition) is 0. The van der Waals surface area contributed by atoms with E-state index in [-0.39, 0.29) is 12.0 Å². The number of amides is 1. The third-order valence-corrected chi connectivity index (χ3v) is 5.69. The lowest BCUT2D eigenvalue weighted by molar-refractivity contribution is -0.139. The van der Waals surface area contributed by atoms with Gasteiger partial charge in [0.05, 0.1) is 5.39 Å². The van der Waals surface area contributed by atoms with Gasteiger partial charge in [-0.2, -0.15) is 0 Å². The van der Waals surface area contributed by atoms with E-state index in [1.165, 1.54) is 6.42 Å². The van der Waals surface area contributed by atoms with Gasteiger partial charge in [-0.05, 0) is 31.7 Å². The number of aryl methyl sites for hydroxylation is 1. The van der Waals surface area contributed by atoms with Gasteiger partial charge in [-0.15, -0.1) is 0 Å². The van der Waals surface area contributed by atoms with Crippen molar-refractivity contribution in [3.63, 3.8) is 0 Å². The predicted octanol–water partition coefficient (Wildman–Crippen LogP) is 2.20. The van der Waals surface area contributed by atoms with Crippen LogP contribution in [-0.2, 0) is 11.8 Å². The molecule has 1 unspecified atom stereocenters. The van der Waals surface area contributed by atoms with E-state index in [0.29, 0.717) is 5.91 Å². The van der Waals surface area contributed by atoms with Crippen LogP contribution < -0.4 is 4.90 Å². The summed E-state index contributed by atoms with van der Waals surface area (Å²) in [5, 5.41) is 1.09. The molecule has 0 spiro atoms. The number of hydrogen-bond acceptors (Lipinski definition) is 4. The highest BCUT2D eigenvalue weighted by Gasteiger charge is 2.33. The molecule has 2 aliphatic rings. The van der Waals surface area contributed by atoms with Gasteiger partial charge in [-0.3, -0.25) is 4.79 Å². The summed E-state index contributed by atoms with van der Waals surface area (Å²) < 4.78 is 2.02. The molecular formula is C18H25N5O. The fraction of sp³-hybridized carbons (Fsp3) is 0.611. The number of carbonyl (C=O) groups is 1. The molecule has 0 N–H and O–H groups in total. The average molecular weight is 327 g/mol. The predicted molar refractivity (Wildman–Crippen MR) is 93.9 cm³/mol. The van der Waals surface area contributed by atoms with Crippen LogP contribution in [0.4, 0.5) is 5.82 Å². The molecule has 2 aromatic rings. The zero-order chi connectivity index (χ0) is 16.7. The van der Waals surface area contributed by atoms with Crippen molar-refractivity contribution in [2.45, 2.75) is 38.1 Å². The third-order valence-electron chi connectivity index (χ3n) is 5.69. The van der Waals surface area contributed by atoms with Gasteiger partial charge in [0.25, 0.3) is 0 Å². The maximum atomic E-state index is 12.6. The Labute approximate surface area is 142 Å². The highest BCUT2D eigenvalue weighted by atomic mass is 16.2. The van der Waals surface area contributed by atoms with Crippen molar-refractivity contribution < 1.29 is 4.79 Å². The second-order valence-corrected chi connectivity index (χ2v) is 7.18. The van der Waals surface area contributed by atoms with Crippen molar-refractivity contribution >= 4 is 22.8 Å². The van der Waals surface area contributed by atoms with E-state index < -0.39 is 0 Å². The molecule has 2 aromatic heterocycles. The number of aromatic nitrogens is 3. The van der Waals surface area contributed by atoms with Crippen molar-refractivity contribution in [1.82, 2.24) is 19.4 Å².